The lowest BCUT2D eigenvalue weighted by molar-refractivity contribution is 0.0518. The van der Waals surface area contributed by atoms with Crippen LogP contribution in [0.2, 0.25) is 0 Å². The molecule has 0 atom stereocenters. The molecule has 0 radical (unpaired) electrons. The summed E-state index contributed by atoms with van der Waals surface area (Å²) in [6.07, 6.45) is 4.50. The SMILES string of the molecule is CCCc1c(C(=O)O/N=C\c2ccc(C#N)cc2)cnn1-c1ccccc1. The zero-order chi connectivity index (χ0) is 19.1. The van der Waals surface area contributed by atoms with Crippen LogP contribution in [-0.4, -0.2) is 22.0 Å². The Morgan fingerprint density at radius 2 is 1.96 bits per heavy atom. The first kappa shape index (κ1) is 18.1. The summed E-state index contributed by atoms with van der Waals surface area (Å²) in [6, 6.07) is 18.5. The van der Waals surface area contributed by atoms with Crippen molar-refractivity contribution >= 4 is 12.2 Å². The predicted octanol–water partition coefficient (Wildman–Crippen LogP) is 3.89. The van der Waals surface area contributed by atoms with Crippen LogP contribution in [0.5, 0.6) is 0 Å². The van der Waals surface area contributed by atoms with Crippen LogP contribution in [0.25, 0.3) is 5.69 Å². The van der Waals surface area contributed by atoms with Crippen LogP contribution in [0, 0.1) is 11.3 Å². The third kappa shape index (κ3) is 4.28. The zero-order valence-electron chi connectivity index (χ0n) is 14.9. The highest BCUT2D eigenvalue weighted by atomic mass is 16.7. The second-order valence-corrected chi connectivity index (χ2v) is 5.85. The van der Waals surface area contributed by atoms with E-state index in [1.54, 1.807) is 28.9 Å². The molecule has 6 nitrogen and oxygen atoms in total. The summed E-state index contributed by atoms with van der Waals surface area (Å²) in [7, 11) is 0. The molecule has 27 heavy (non-hydrogen) atoms. The van der Waals surface area contributed by atoms with E-state index in [1.807, 2.05) is 43.3 Å². The molecule has 134 valence electrons. The first-order valence-corrected chi connectivity index (χ1v) is 8.60. The van der Waals surface area contributed by atoms with Crippen LogP contribution in [-0.2, 0) is 11.3 Å². The number of oxime groups is 1. The second-order valence-electron chi connectivity index (χ2n) is 5.85. The van der Waals surface area contributed by atoms with Gasteiger partial charge in [-0.1, -0.05) is 48.8 Å². The molecule has 0 aliphatic carbocycles. The lowest BCUT2D eigenvalue weighted by atomic mass is 10.1. The Morgan fingerprint density at radius 3 is 2.63 bits per heavy atom. The molecular weight excluding hydrogens is 340 g/mol. The van der Waals surface area contributed by atoms with E-state index in [0.29, 0.717) is 17.5 Å². The molecule has 0 saturated heterocycles. The lowest BCUT2D eigenvalue weighted by Gasteiger charge is -2.07. The number of carbonyl (C=O) groups excluding carboxylic acids is 1. The quantitative estimate of drug-likeness (QED) is 0.380. The van der Waals surface area contributed by atoms with Gasteiger partial charge in [-0.3, -0.25) is 0 Å². The molecule has 1 aromatic heterocycles. The van der Waals surface area contributed by atoms with Crippen LogP contribution >= 0.6 is 0 Å². The summed E-state index contributed by atoms with van der Waals surface area (Å²) in [5, 5.41) is 16.9. The molecule has 0 amide bonds. The van der Waals surface area contributed by atoms with Crippen molar-refractivity contribution in [1.29, 1.82) is 5.26 Å². The molecule has 3 rings (SSSR count). The van der Waals surface area contributed by atoms with E-state index in [9.17, 15) is 4.79 Å². The summed E-state index contributed by atoms with van der Waals surface area (Å²) in [6.45, 7) is 2.04. The summed E-state index contributed by atoms with van der Waals surface area (Å²) < 4.78 is 1.75. The average molecular weight is 358 g/mol. The molecule has 0 N–H and O–H groups in total. The van der Waals surface area contributed by atoms with Crippen molar-refractivity contribution in [2.24, 2.45) is 5.16 Å². The van der Waals surface area contributed by atoms with Crippen molar-refractivity contribution in [3.05, 3.63) is 83.2 Å². The van der Waals surface area contributed by atoms with Crippen LogP contribution in [0.3, 0.4) is 0 Å². The Kier molecular flexibility index (Phi) is 5.75. The van der Waals surface area contributed by atoms with Crippen molar-refractivity contribution in [3.8, 4) is 11.8 Å². The Balaban J connectivity index is 1.77. The molecule has 0 fully saturated rings. The Morgan fingerprint density at radius 1 is 1.22 bits per heavy atom. The molecule has 1 heterocycles. The minimum absolute atomic E-state index is 0.401. The zero-order valence-corrected chi connectivity index (χ0v) is 14.9. The van der Waals surface area contributed by atoms with Gasteiger partial charge in [0.25, 0.3) is 0 Å². The average Bonchev–Trinajstić information content (AvgIpc) is 3.13. The number of aromatic nitrogens is 2. The van der Waals surface area contributed by atoms with E-state index in [-0.39, 0.29) is 0 Å². The fourth-order valence-corrected chi connectivity index (χ4v) is 2.64. The monoisotopic (exact) mass is 358 g/mol. The van der Waals surface area contributed by atoms with Crippen LogP contribution in [0.15, 0.2) is 65.9 Å². The van der Waals surface area contributed by atoms with Gasteiger partial charge in [-0.15, -0.1) is 0 Å². The number of hydrogen-bond acceptors (Lipinski definition) is 5. The molecular formula is C21H18N4O2. The summed E-state index contributed by atoms with van der Waals surface area (Å²) in [5.74, 6) is -0.550. The van der Waals surface area contributed by atoms with E-state index < -0.39 is 5.97 Å². The van der Waals surface area contributed by atoms with Gasteiger partial charge in [0.15, 0.2) is 0 Å². The third-order valence-electron chi connectivity index (χ3n) is 3.95. The van der Waals surface area contributed by atoms with Crippen molar-refractivity contribution in [2.45, 2.75) is 19.8 Å². The summed E-state index contributed by atoms with van der Waals surface area (Å²) in [5.41, 5.74) is 3.37. The minimum Gasteiger partial charge on any atom is -0.313 e. The van der Waals surface area contributed by atoms with E-state index >= 15 is 0 Å². The highest BCUT2D eigenvalue weighted by molar-refractivity contribution is 5.91. The molecule has 2 aromatic carbocycles. The second kappa shape index (κ2) is 8.59. The molecule has 0 saturated carbocycles. The number of hydrogen-bond donors (Lipinski definition) is 0. The van der Waals surface area contributed by atoms with E-state index in [0.717, 1.165) is 23.4 Å². The normalized spacial score (nSPS) is 10.7. The molecule has 0 aliphatic rings. The Labute approximate surface area is 157 Å². The molecule has 0 aliphatic heterocycles. The fraction of sp³-hybridized carbons (Fsp3) is 0.143. The molecule has 0 spiro atoms. The van der Waals surface area contributed by atoms with Gasteiger partial charge in [0, 0.05) is 0 Å². The van der Waals surface area contributed by atoms with Gasteiger partial charge in [-0.05, 0) is 36.2 Å². The van der Waals surface area contributed by atoms with Crippen molar-refractivity contribution < 1.29 is 9.63 Å². The van der Waals surface area contributed by atoms with Gasteiger partial charge in [0.05, 0.1) is 35.4 Å². The maximum Gasteiger partial charge on any atom is 0.369 e. The van der Waals surface area contributed by atoms with Gasteiger partial charge in [0.2, 0.25) is 0 Å². The number of rotatable bonds is 6. The van der Waals surface area contributed by atoms with E-state index in [1.165, 1.54) is 12.4 Å². The van der Waals surface area contributed by atoms with E-state index in [4.69, 9.17) is 10.1 Å². The smallest absolute Gasteiger partial charge is 0.313 e. The number of carbonyl (C=O) groups is 1. The first-order chi connectivity index (χ1) is 13.2. The van der Waals surface area contributed by atoms with Gasteiger partial charge in [-0.2, -0.15) is 10.4 Å². The molecule has 0 unspecified atom stereocenters. The molecule has 3 aromatic rings. The molecule has 6 heteroatoms. The van der Waals surface area contributed by atoms with Gasteiger partial charge in [0.1, 0.15) is 5.56 Å². The number of nitrogens with zero attached hydrogens (tertiary/aromatic N) is 4. The van der Waals surface area contributed by atoms with Crippen LogP contribution in [0.4, 0.5) is 0 Å². The van der Waals surface area contributed by atoms with Crippen LogP contribution in [0.1, 0.15) is 40.5 Å². The minimum atomic E-state index is -0.550. The highest BCUT2D eigenvalue weighted by Gasteiger charge is 2.19. The van der Waals surface area contributed by atoms with Crippen molar-refractivity contribution in [2.75, 3.05) is 0 Å². The number of nitriles is 1. The Bertz CT molecular complexity index is 983. The van der Waals surface area contributed by atoms with Crippen molar-refractivity contribution in [3.63, 3.8) is 0 Å². The Hall–Kier alpha value is -3.72. The van der Waals surface area contributed by atoms with Gasteiger partial charge in [-0.25, -0.2) is 9.48 Å². The topological polar surface area (TPSA) is 80.3 Å². The standard InChI is InChI=1S/C21H18N4O2/c1-2-6-20-19(15-23-25(20)18-7-4-3-5-8-18)21(26)27-24-14-17-11-9-16(13-22)10-12-17/h3-5,7-12,14-15H,2,6H2,1H3/b24-14-. The first-order valence-electron chi connectivity index (χ1n) is 8.60. The maximum absolute atomic E-state index is 12.4. The van der Waals surface area contributed by atoms with E-state index in [2.05, 4.69) is 10.3 Å². The third-order valence-corrected chi connectivity index (χ3v) is 3.95. The van der Waals surface area contributed by atoms with Gasteiger partial charge >= 0.3 is 5.97 Å². The number of benzene rings is 2. The number of para-hydroxylation sites is 1. The largest absolute Gasteiger partial charge is 0.369 e. The van der Waals surface area contributed by atoms with Crippen molar-refractivity contribution in [1.82, 2.24) is 9.78 Å². The maximum atomic E-state index is 12.4. The predicted molar refractivity (Wildman–Crippen MR) is 102 cm³/mol. The summed E-state index contributed by atoms with van der Waals surface area (Å²) in [4.78, 5) is 17.5. The van der Waals surface area contributed by atoms with Gasteiger partial charge < -0.3 is 4.84 Å². The molecule has 0 bridgehead atoms. The van der Waals surface area contributed by atoms with Crippen LogP contribution < -0.4 is 0 Å². The highest BCUT2D eigenvalue weighted by Crippen LogP contribution is 2.18. The summed E-state index contributed by atoms with van der Waals surface area (Å²) >= 11 is 0. The fourth-order valence-electron chi connectivity index (χ4n) is 2.64. The lowest BCUT2D eigenvalue weighted by Crippen LogP contribution is -2.08.